The SMILES string of the molecule is CNCCCc1cc2c(F)cccc2n1C(C)C. The highest BCUT2D eigenvalue weighted by Crippen LogP contribution is 2.26. The third-order valence-electron chi connectivity index (χ3n) is 3.29. The van der Waals surface area contributed by atoms with E-state index in [2.05, 4.69) is 23.7 Å². The second-order valence-electron chi connectivity index (χ2n) is 4.98. The van der Waals surface area contributed by atoms with E-state index in [4.69, 9.17) is 0 Å². The molecule has 2 aromatic rings. The lowest BCUT2D eigenvalue weighted by Gasteiger charge is -2.14. The van der Waals surface area contributed by atoms with Gasteiger partial charge >= 0.3 is 0 Å². The normalized spacial score (nSPS) is 11.6. The number of aromatic nitrogens is 1. The van der Waals surface area contributed by atoms with Crippen LogP contribution in [0, 0.1) is 5.82 Å². The van der Waals surface area contributed by atoms with Crippen LogP contribution in [0.25, 0.3) is 10.9 Å². The van der Waals surface area contributed by atoms with Crippen LogP contribution in [0.1, 0.15) is 32.0 Å². The van der Waals surface area contributed by atoms with Gasteiger partial charge in [0.2, 0.25) is 0 Å². The molecule has 0 aliphatic heterocycles. The van der Waals surface area contributed by atoms with Gasteiger partial charge in [-0.1, -0.05) is 6.07 Å². The van der Waals surface area contributed by atoms with E-state index in [1.54, 1.807) is 6.07 Å². The van der Waals surface area contributed by atoms with Gasteiger partial charge in [-0.3, -0.25) is 0 Å². The molecule has 0 saturated carbocycles. The summed E-state index contributed by atoms with van der Waals surface area (Å²) < 4.78 is 16.0. The molecule has 0 radical (unpaired) electrons. The average molecular weight is 248 g/mol. The Balaban J connectivity index is 2.44. The van der Waals surface area contributed by atoms with Gasteiger partial charge in [-0.25, -0.2) is 4.39 Å². The maximum atomic E-state index is 13.8. The molecular weight excluding hydrogens is 227 g/mol. The van der Waals surface area contributed by atoms with Crippen molar-refractivity contribution < 1.29 is 4.39 Å². The first kappa shape index (κ1) is 13.1. The Morgan fingerprint density at radius 1 is 1.33 bits per heavy atom. The molecule has 2 nitrogen and oxygen atoms in total. The van der Waals surface area contributed by atoms with E-state index in [1.165, 1.54) is 11.8 Å². The molecule has 2 rings (SSSR count). The number of aryl methyl sites for hydroxylation is 1. The summed E-state index contributed by atoms with van der Waals surface area (Å²) in [5.41, 5.74) is 2.23. The fraction of sp³-hybridized carbons (Fsp3) is 0.467. The molecule has 0 amide bonds. The molecule has 18 heavy (non-hydrogen) atoms. The van der Waals surface area contributed by atoms with Crippen molar-refractivity contribution in [2.75, 3.05) is 13.6 Å². The Morgan fingerprint density at radius 2 is 2.11 bits per heavy atom. The summed E-state index contributed by atoms with van der Waals surface area (Å²) in [4.78, 5) is 0. The van der Waals surface area contributed by atoms with Gasteiger partial charge in [0.25, 0.3) is 0 Å². The van der Waals surface area contributed by atoms with Crippen LogP contribution < -0.4 is 5.32 Å². The Bertz CT molecular complexity index is 529. The van der Waals surface area contributed by atoms with Gasteiger partial charge in [0.15, 0.2) is 0 Å². The summed E-state index contributed by atoms with van der Waals surface area (Å²) in [6.45, 7) is 5.28. The lowest BCUT2D eigenvalue weighted by atomic mass is 10.2. The van der Waals surface area contributed by atoms with Crippen molar-refractivity contribution in [3.63, 3.8) is 0 Å². The number of nitrogens with zero attached hydrogens (tertiary/aromatic N) is 1. The highest BCUT2D eigenvalue weighted by molar-refractivity contribution is 5.82. The standard InChI is InChI=1S/C15H21FN2/c1-11(2)18-12(6-5-9-17-3)10-13-14(16)7-4-8-15(13)18/h4,7-8,10-11,17H,5-6,9H2,1-3H3. The lowest BCUT2D eigenvalue weighted by molar-refractivity contribution is 0.582. The van der Waals surface area contributed by atoms with Crippen molar-refractivity contribution in [1.82, 2.24) is 9.88 Å². The van der Waals surface area contributed by atoms with Crippen LogP contribution in [-0.4, -0.2) is 18.2 Å². The quantitative estimate of drug-likeness (QED) is 0.801. The number of hydrogen-bond acceptors (Lipinski definition) is 1. The first-order chi connectivity index (χ1) is 8.65. The molecule has 0 atom stereocenters. The van der Waals surface area contributed by atoms with Crippen LogP contribution in [-0.2, 0) is 6.42 Å². The Kier molecular flexibility index (Phi) is 4.02. The Hall–Kier alpha value is -1.35. The molecule has 1 heterocycles. The zero-order valence-electron chi connectivity index (χ0n) is 11.3. The van der Waals surface area contributed by atoms with Gasteiger partial charge in [-0.2, -0.15) is 0 Å². The topological polar surface area (TPSA) is 17.0 Å². The largest absolute Gasteiger partial charge is 0.342 e. The Labute approximate surface area is 108 Å². The van der Waals surface area contributed by atoms with Crippen LogP contribution in [0.5, 0.6) is 0 Å². The fourth-order valence-corrected chi connectivity index (χ4v) is 2.52. The molecule has 0 aliphatic carbocycles. The molecule has 1 aromatic carbocycles. The average Bonchev–Trinajstić information content (AvgIpc) is 2.69. The van der Waals surface area contributed by atoms with Gasteiger partial charge in [0.1, 0.15) is 5.82 Å². The van der Waals surface area contributed by atoms with Crippen LogP contribution in [0.15, 0.2) is 24.3 Å². The molecule has 3 heteroatoms. The summed E-state index contributed by atoms with van der Waals surface area (Å²) in [5, 5.41) is 3.89. The van der Waals surface area contributed by atoms with E-state index in [1.807, 2.05) is 19.2 Å². The van der Waals surface area contributed by atoms with E-state index in [-0.39, 0.29) is 5.82 Å². The number of fused-ring (bicyclic) bond motifs is 1. The third kappa shape index (κ3) is 2.41. The van der Waals surface area contributed by atoms with Gasteiger partial charge in [-0.05, 0) is 58.5 Å². The van der Waals surface area contributed by atoms with E-state index >= 15 is 0 Å². The van der Waals surface area contributed by atoms with Gasteiger partial charge in [0, 0.05) is 17.1 Å². The Morgan fingerprint density at radius 3 is 2.78 bits per heavy atom. The summed E-state index contributed by atoms with van der Waals surface area (Å²) in [6.07, 6.45) is 2.05. The zero-order valence-corrected chi connectivity index (χ0v) is 11.3. The molecule has 0 bridgehead atoms. The van der Waals surface area contributed by atoms with Gasteiger partial charge in [-0.15, -0.1) is 0 Å². The summed E-state index contributed by atoms with van der Waals surface area (Å²) in [5.74, 6) is -0.123. The van der Waals surface area contributed by atoms with Crippen LogP contribution in [0.4, 0.5) is 4.39 Å². The number of hydrogen-bond donors (Lipinski definition) is 1. The predicted octanol–water partition coefficient (Wildman–Crippen LogP) is 3.51. The number of rotatable bonds is 5. The number of halogens is 1. The third-order valence-corrected chi connectivity index (χ3v) is 3.29. The highest BCUT2D eigenvalue weighted by Gasteiger charge is 2.13. The monoisotopic (exact) mass is 248 g/mol. The number of nitrogens with one attached hydrogen (secondary N) is 1. The maximum absolute atomic E-state index is 13.8. The summed E-state index contributed by atoms with van der Waals surface area (Å²) in [6, 6.07) is 7.67. The number of benzene rings is 1. The molecule has 0 aliphatic rings. The van der Waals surface area contributed by atoms with Crippen molar-refractivity contribution >= 4 is 10.9 Å². The molecule has 1 N–H and O–H groups in total. The smallest absolute Gasteiger partial charge is 0.132 e. The minimum atomic E-state index is -0.123. The maximum Gasteiger partial charge on any atom is 0.132 e. The first-order valence-corrected chi connectivity index (χ1v) is 6.58. The zero-order chi connectivity index (χ0) is 13.1. The molecule has 98 valence electrons. The second-order valence-corrected chi connectivity index (χ2v) is 4.98. The van der Waals surface area contributed by atoms with E-state index < -0.39 is 0 Å². The van der Waals surface area contributed by atoms with Gasteiger partial charge in [0.05, 0.1) is 5.52 Å². The van der Waals surface area contributed by atoms with Gasteiger partial charge < -0.3 is 9.88 Å². The first-order valence-electron chi connectivity index (χ1n) is 6.58. The van der Waals surface area contributed by atoms with Crippen molar-refractivity contribution in [2.24, 2.45) is 0 Å². The molecule has 0 unspecified atom stereocenters. The van der Waals surface area contributed by atoms with Crippen molar-refractivity contribution in [2.45, 2.75) is 32.7 Å². The lowest BCUT2D eigenvalue weighted by Crippen LogP contribution is -2.11. The van der Waals surface area contributed by atoms with Crippen LogP contribution >= 0.6 is 0 Å². The minimum absolute atomic E-state index is 0.123. The van der Waals surface area contributed by atoms with Crippen molar-refractivity contribution in [3.8, 4) is 0 Å². The van der Waals surface area contributed by atoms with Crippen LogP contribution in [0.3, 0.4) is 0 Å². The molecule has 0 fully saturated rings. The minimum Gasteiger partial charge on any atom is -0.342 e. The van der Waals surface area contributed by atoms with E-state index in [0.29, 0.717) is 6.04 Å². The van der Waals surface area contributed by atoms with Crippen LogP contribution in [0.2, 0.25) is 0 Å². The van der Waals surface area contributed by atoms with Crippen molar-refractivity contribution in [1.29, 1.82) is 0 Å². The van der Waals surface area contributed by atoms with E-state index in [0.717, 1.165) is 30.3 Å². The fourth-order valence-electron chi connectivity index (χ4n) is 2.52. The summed E-state index contributed by atoms with van der Waals surface area (Å²) >= 11 is 0. The molecular formula is C15H21FN2. The molecule has 0 saturated heterocycles. The van der Waals surface area contributed by atoms with E-state index in [9.17, 15) is 4.39 Å². The predicted molar refractivity (Wildman–Crippen MR) is 74.5 cm³/mol. The molecule has 0 spiro atoms. The highest BCUT2D eigenvalue weighted by atomic mass is 19.1. The van der Waals surface area contributed by atoms with Crippen molar-refractivity contribution in [3.05, 3.63) is 35.8 Å². The summed E-state index contributed by atoms with van der Waals surface area (Å²) in [7, 11) is 1.96. The molecule has 1 aromatic heterocycles. The second kappa shape index (κ2) is 5.53.